The number of hydrogen-bond donors (Lipinski definition) is 0. The summed E-state index contributed by atoms with van der Waals surface area (Å²) in [7, 11) is 0. The van der Waals surface area contributed by atoms with Gasteiger partial charge in [-0.15, -0.1) is 0 Å². The van der Waals surface area contributed by atoms with Gasteiger partial charge in [-0.2, -0.15) is 0 Å². The van der Waals surface area contributed by atoms with Gasteiger partial charge < -0.3 is 9.80 Å². The van der Waals surface area contributed by atoms with Crippen LogP contribution in [0.2, 0.25) is 0 Å². The van der Waals surface area contributed by atoms with Crippen molar-refractivity contribution in [3.05, 3.63) is 119 Å². The Bertz CT molecular complexity index is 1680. The standard InChI is InChI=1S/C38H40N2.C2H6/c1-36(2,3)25-19-20-28-29(21-25)30-22-26(37(4,5)6)23-31-33(30)40-34(28)32(24-15-11-9-12-16-24)39(35(40)38(31,7)8)27-17-13-10-14-18-27;1-2/h9-23,35H,1-8H3;1-2H3. The molecule has 7 rings (SSSR count). The van der Waals surface area contributed by atoms with Crippen molar-refractivity contribution in [3.63, 3.8) is 0 Å². The quantitative estimate of drug-likeness (QED) is 0.243. The van der Waals surface area contributed by atoms with Crippen LogP contribution in [0.15, 0.2) is 91.0 Å². The summed E-state index contributed by atoms with van der Waals surface area (Å²) in [5.74, 6) is 0. The van der Waals surface area contributed by atoms with Crippen LogP contribution in [-0.4, -0.2) is 6.17 Å². The van der Waals surface area contributed by atoms with Gasteiger partial charge in [0.1, 0.15) is 6.17 Å². The van der Waals surface area contributed by atoms with E-state index in [1.54, 1.807) is 0 Å². The lowest BCUT2D eigenvalue weighted by atomic mass is 9.75. The van der Waals surface area contributed by atoms with Crippen molar-refractivity contribution >= 4 is 22.8 Å². The maximum Gasteiger partial charge on any atom is 0.120 e. The number of para-hydroxylation sites is 1. The molecule has 3 heterocycles. The van der Waals surface area contributed by atoms with Crippen molar-refractivity contribution in [2.24, 2.45) is 0 Å². The Morgan fingerprint density at radius 1 is 0.571 bits per heavy atom. The Morgan fingerprint density at radius 3 is 1.74 bits per heavy atom. The second kappa shape index (κ2) is 9.63. The van der Waals surface area contributed by atoms with E-state index in [9.17, 15) is 0 Å². The van der Waals surface area contributed by atoms with E-state index in [0.29, 0.717) is 0 Å². The van der Waals surface area contributed by atoms with Crippen LogP contribution in [0.1, 0.15) is 97.1 Å². The summed E-state index contributed by atoms with van der Waals surface area (Å²) >= 11 is 0. The summed E-state index contributed by atoms with van der Waals surface area (Å²) in [5.41, 5.74) is 14.8. The van der Waals surface area contributed by atoms with Gasteiger partial charge in [0.2, 0.25) is 0 Å². The van der Waals surface area contributed by atoms with E-state index in [1.165, 1.54) is 61.7 Å². The lowest BCUT2D eigenvalue weighted by Crippen LogP contribution is -2.48. The zero-order valence-electron chi connectivity index (χ0n) is 27.1. The van der Waals surface area contributed by atoms with Gasteiger partial charge in [-0.25, -0.2) is 0 Å². The maximum atomic E-state index is 2.69. The molecule has 0 saturated carbocycles. The zero-order valence-corrected chi connectivity index (χ0v) is 27.1. The Hall–Kier alpha value is -3.78. The molecule has 42 heavy (non-hydrogen) atoms. The van der Waals surface area contributed by atoms with Crippen LogP contribution in [0.4, 0.5) is 11.4 Å². The highest BCUT2D eigenvalue weighted by molar-refractivity contribution is 6.15. The van der Waals surface area contributed by atoms with E-state index in [1.807, 2.05) is 13.8 Å². The summed E-state index contributed by atoms with van der Waals surface area (Å²) in [6.45, 7) is 22.9. The first-order chi connectivity index (χ1) is 19.9. The molecule has 0 N–H and O–H groups in total. The van der Waals surface area contributed by atoms with E-state index in [0.717, 1.165) is 0 Å². The fourth-order valence-corrected chi connectivity index (χ4v) is 7.06. The average molecular weight is 555 g/mol. The summed E-state index contributed by atoms with van der Waals surface area (Å²) in [5, 5.41) is 0. The van der Waals surface area contributed by atoms with Gasteiger partial charge in [-0.05, 0) is 57.3 Å². The molecule has 0 spiro atoms. The monoisotopic (exact) mass is 554 g/mol. The molecule has 4 aromatic carbocycles. The van der Waals surface area contributed by atoms with E-state index in [4.69, 9.17) is 0 Å². The molecule has 2 nitrogen and oxygen atoms in total. The lowest BCUT2D eigenvalue weighted by Gasteiger charge is -2.38. The van der Waals surface area contributed by atoms with Crippen LogP contribution < -0.4 is 9.80 Å². The van der Waals surface area contributed by atoms with E-state index < -0.39 is 0 Å². The summed E-state index contributed by atoms with van der Waals surface area (Å²) in [4.78, 5) is 5.31. The molecule has 0 aliphatic carbocycles. The molecule has 3 aliphatic heterocycles. The van der Waals surface area contributed by atoms with Crippen LogP contribution >= 0.6 is 0 Å². The van der Waals surface area contributed by atoms with E-state index in [-0.39, 0.29) is 22.4 Å². The normalized spacial score (nSPS) is 18.0. The maximum absolute atomic E-state index is 2.69. The molecule has 216 valence electrons. The van der Waals surface area contributed by atoms with Crippen LogP contribution in [0.25, 0.3) is 22.5 Å². The number of hydrogen-bond acceptors (Lipinski definition) is 2. The van der Waals surface area contributed by atoms with Crippen LogP contribution in [0.3, 0.4) is 0 Å². The molecule has 4 aromatic rings. The third-order valence-electron chi connectivity index (χ3n) is 9.26. The highest BCUT2D eigenvalue weighted by atomic mass is 15.5. The van der Waals surface area contributed by atoms with Gasteiger partial charge in [0.05, 0.1) is 17.1 Å². The first-order valence-electron chi connectivity index (χ1n) is 15.7. The Labute approximate surface area is 253 Å². The number of anilines is 2. The molecule has 1 unspecified atom stereocenters. The lowest BCUT2D eigenvalue weighted by molar-refractivity contribution is 0.449. The van der Waals surface area contributed by atoms with Gasteiger partial charge in [0.15, 0.2) is 0 Å². The molecule has 1 atom stereocenters. The van der Waals surface area contributed by atoms with Crippen molar-refractivity contribution in [1.29, 1.82) is 0 Å². The fourth-order valence-electron chi connectivity index (χ4n) is 7.06. The molecule has 3 aliphatic rings. The zero-order chi connectivity index (χ0) is 30.2. The average Bonchev–Trinajstić information content (AvgIpc) is 3.45. The number of fused-ring (bicyclic) bond motifs is 3. The van der Waals surface area contributed by atoms with E-state index in [2.05, 4.69) is 156 Å². The Morgan fingerprint density at radius 2 is 1.14 bits per heavy atom. The van der Waals surface area contributed by atoms with Gasteiger partial charge in [-0.1, -0.05) is 136 Å². The van der Waals surface area contributed by atoms with Crippen molar-refractivity contribution in [3.8, 4) is 11.1 Å². The van der Waals surface area contributed by atoms with Gasteiger partial charge in [0.25, 0.3) is 0 Å². The topological polar surface area (TPSA) is 6.48 Å². The first kappa shape index (κ1) is 28.3. The van der Waals surface area contributed by atoms with Crippen molar-refractivity contribution in [2.75, 3.05) is 9.80 Å². The van der Waals surface area contributed by atoms with Crippen molar-refractivity contribution < 1.29 is 0 Å². The third-order valence-corrected chi connectivity index (χ3v) is 9.26. The minimum Gasteiger partial charge on any atom is -0.317 e. The number of rotatable bonds is 2. The van der Waals surface area contributed by atoms with Gasteiger partial charge in [0, 0.05) is 27.8 Å². The summed E-state index contributed by atoms with van der Waals surface area (Å²) in [6, 6.07) is 34.2. The van der Waals surface area contributed by atoms with Crippen LogP contribution in [0, 0.1) is 0 Å². The summed E-state index contributed by atoms with van der Waals surface area (Å²) in [6.07, 6.45) is 0.138. The predicted molar refractivity (Wildman–Crippen MR) is 182 cm³/mol. The van der Waals surface area contributed by atoms with E-state index >= 15 is 0 Å². The number of benzene rings is 4. The molecular weight excluding hydrogens is 508 g/mol. The SMILES string of the molecule is CC.CC(C)(C)c1ccc2c(c1)-c1cc(C(C)(C)C)cc3c1N1C2=C(c2ccccc2)N(c2ccccc2)C1C3(C)C. The fraction of sp³-hybridized carbons (Fsp3) is 0.350. The predicted octanol–water partition coefficient (Wildman–Crippen LogP) is 10.8. The number of nitrogens with zero attached hydrogens (tertiary/aromatic N) is 2. The minimum absolute atomic E-state index is 0.0564. The van der Waals surface area contributed by atoms with Gasteiger partial charge >= 0.3 is 0 Å². The molecular formula is C40H46N2. The molecule has 0 radical (unpaired) electrons. The second-order valence-corrected chi connectivity index (χ2v) is 14.4. The van der Waals surface area contributed by atoms with Crippen molar-refractivity contribution in [1.82, 2.24) is 0 Å². The van der Waals surface area contributed by atoms with Crippen LogP contribution in [0.5, 0.6) is 0 Å². The van der Waals surface area contributed by atoms with Crippen LogP contribution in [-0.2, 0) is 16.2 Å². The Kier molecular flexibility index (Phi) is 6.50. The highest BCUT2D eigenvalue weighted by Crippen LogP contribution is 2.63. The minimum atomic E-state index is -0.113. The Balaban J connectivity index is 0.00000155. The molecule has 2 heteroatoms. The summed E-state index contributed by atoms with van der Waals surface area (Å²) < 4.78 is 0. The first-order valence-corrected chi connectivity index (χ1v) is 15.7. The smallest absolute Gasteiger partial charge is 0.120 e. The second-order valence-electron chi connectivity index (χ2n) is 14.4. The molecule has 0 fully saturated rings. The molecule has 0 bridgehead atoms. The van der Waals surface area contributed by atoms with Crippen molar-refractivity contribution in [2.45, 2.75) is 91.6 Å². The molecule has 0 saturated heterocycles. The largest absolute Gasteiger partial charge is 0.317 e. The highest BCUT2D eigenvalue weighted by Gasteiger charge is 2.57. The molecule has 0 aromatic heterocycles. The third kappa shape index (κ3) is 4.06. The molecule has 0 amide bonds. The van der Waals surface area contributed by atoms with Gasteiger partial charge in [-0.3, -0.25) is 0 Å².